The monoisotopic (exact) mass is 515 g/mol. The first kappa shape index (κ1) is 23.6. The van der Waals surface area contributed by atoms with E-state index in [0.717, 1.165) is 11.9 Å². The SMILES string of the molecule is Cn1c(Nc2nc3ccc(OC(F)(F)F)cc3s2)nc2cc(C(=O)NCCCn3cccn3)ccc21. The molecule has 1 amide bonds. The van der Waals surface area contributed by atoms with E-state index in [4.69, 9.17) is 0 Å². The topological polar surface area (TPSA) is 98.9 Å². The molecule has 3 heterocycles. The first-order chi connectivity index (χ1) is 17.2. The number of imidazole rings is 1. The second kappa shape index (κ2) is 9.49. The standard InChI is InChI=1S/C23H20F3N7O2S/c1-32-18-7-4-14(20(34)27-8-2-10-33-11-3-9-28-33)12-17(18)29-21(32)31-22-30-16-6-5-15(13-19(16)36-22)35-23(24,25)26/h3-7,9,11-13H,2,8,10H2,1H3,(H,27,34)(H,29,30,31). The van der Waals surface area contributed by atoms with Crippen molar-refractivity contribution in [2.45, 2.75) is 19.3 Å². The van der Waals surface area contributed by atoms with Gasteiger partial charge in [0, 0.05) is 44.2 Å². The fourth-order valence-electron chi connectivity index (χ4n) is 3.68. The van der Waals surface area contributed by atoms with Gasteiger partial charge < -0.3 is 19.9 Å². The Morgan fingerprint density at radius 2 is 2.00 bits per heavy atom. The number of thiazole rings is 1. The summed E-state index contributed by atoms with van der Waals surface area (Å²) in [5, 5.41) is 10.6. The van der Waals surface area contributed by atoms with Crippen LogP contribution in [-0.4, -0.2) is 43.1 Å². The number of nitrogens with one attached hydrogen (secondary N) is 2. The van der Waals surface area contributed by atoms with Crippen LogP contribution in [0.2, 0.25) is 0 Å². The molecule has 0 atom stereocenters. The number of nitrogens with zero attached hydrogens (tertiary/aromatic N) is 5. The predicted molar refractivity (Wildman–Crippen MR) is 129 cm³/mol. The second-order valence-electron chi connectivity index (χ2n) is 7.90. The van der Waals surface area contributed by atoms with Crippen molar-refractivity contribution in [2.75, 3.05) is 11.9 Å². The molecule has 0 saturated carbocycles. The van der Waals surface area contributed by atoms with Gasteiger partial charge in [-0.15, -0.1) is 13.2 Å². The van der Waals surface area contributed by atoms with E-state index in [9.17, 15) is 18.0 Å². The number of halogens is 3. The Morgan fingerprint density at radius 1 is 1.14 bits per heavy atom. The number of anilines is 2. The molecule has 13 heteroatoms. The molecular weight excluding hydrogens is 495 g/mol. The van der Waals surface area contributed by atoms with Crippen molar-refractivity contribution in [3.63, 3.8) is 0 Å². The zero-order valence-electron chi connectivity index (χ0n) is 18.9. The quantitative estimate of drug-likeness (QED) is 0.287. The van der Waals surface area contributed by atoms with Crippen LogP contribution in [0.1, 0.15) is 16.8 Å². The molecule has 0 aliphatic rings. The molecule has 9 nitrogen and oxygen atoms in total. The van der Waals surface area contributed by atoms with E-state index in [0.29, 0.717) is 45.5 Å². The van der Waals surface area contributed by atoms with Crippen LogP contribution in [0.25, 0.3) is 21.3 Å². The summed E-state index contributed by atoms with van der Waals surface area (Å²) in [6.07, 6.45) is -0.428. The molecule has 0 fully saturated rings. The number of fused-ring (bicyclic) bond motifs is 2. The van der Waals surface area contributed by atoms with E-state index in [1.165, 1.54) is 29.5 Å². The molecule has 0 saturated heterocycles. The molecule has 0 radical (unpaired) electrons. The number of carbonyl (C=O) groups excluding carboxylic acids is 1. The Balaban J connectivity index is 1.28. The lowest BCUT2D eigenvalue weighted by Crippen LogP contribution is -2.25. The number of amides is 1. The van der Waals surface area contributed by atoms with Crippen molar-refractivity contribution >= 4 is 49.6 Å². The Hall–Kier alpha value is -4.13. The smallest absolute Gasteiger partial charge is 0.406 e. The number of alkyl halides is 3. The van der Waals surface area contributed by atoms with E-state index >= 15 is 0 Å². The molecule has 0 unspecified atom stereocenters. The first-order valence-corrected chi connectivity index (χ1v) is 11.7. The Labute approximate surface area is 206 Å². The van der Waals surface area contributed by atoms with Crippen molar-refractivity contribution < 1.29 is 22.7 Å². The average Bonchev–Trinajstić information content (AvgIpc) is 3.55. The van der Waals surface area contributed by atoms with Crippen LogP contribution in [0.15, 0.2) is 54.9 Å². The number of hydrogen-bond donors (Lipinski definition) is 2. The van der Waals surface area contributed by atoms with Crippen molar-refractivity contribution in [1.82, 2.24) is 29.6 Å². The maximum Gasteiger partial charge on any atom is 0.573 e. The summed E-state index contributed by atoms with van der Waals surface area (Å²) in [6, 6.07) is 11.1. The van der Waals surface area contributed by atoms with Crippen LogP contribution in [0.4, 0.5) is 24.3 Å². The molecule has 5 rings (SSSR count). The number of hydrogen-bond acceptors (Lipinski definition) is 7. The minimum absolute atomic E-state index is 0.194. The molecule has 0 aliphatic carbocycles. The number of rotatable bonds is 8. The molecular formula is C23H20F3N7O2S. The number of aromatic nitrogens is 5. The van der Waals surface area contributed by atoms with Gasteiger partial charge in [0.2, 0.25) is 5.95 Å². The molecule has 2 N–H and O–H groups in total. The van der Waals surface area contributed by atoms with Gasteiger partial charge >= 0.3 is 6.36 Å². The summed E-state index contributed by atoms with van der Waals surface area (Å²) < 4.78 is 45.6. The highest BCUT2D eigenvalue weighted by Gasteiger charge is 2.31. The predicted octanol–water partition coefficient (Wildman–Crippen LogP) is 4.84. The highest BCUT2D eigenvalue weighted by atomic mass is 32.1. The van der Waals surface area contributed by atoms with Crippen LogP contribution >= 0.6 is 11.3 Å². The molecule has 2 aromatic carbocycles. The lowest BCUT2D eigenvalue weighted by molar-refractivity contribution is -0.274. The summed E-state index contributed by atoms with van der Waals surface area (Å²) in [5.41, 5.74) is 2.44. The molecule has 36 heavy (non-hydrogen) atoms. The largest absolute Gasteiger partial charge is 0.573 e. The van der Waals surface area contributed by atoms with E-state index in [-0.39, 0.29) is 11.7 Å². The van der Waals surface area contributed by atoms with Gasteiger partial charge in [-0.05, 0) is 42.8 Å². The lowest BCUT2D eigenvalue weighted by Gasteiger charge is -2.07. The molecule has 0 bridgehead atoms. The summed E-state index contributed by atoms with van der Waals surface area (Å²) in [6.45, 7) is 1.23. The van der Waals surface area contributed by atoms with Crippen molar-refractivity contribution in [3.05, 3.63) is 60.4 Å². The molecule has 3 aromatic heterocycles. The zero-order valence-corrected chi connectivity index (χ0v) is 19.7. The third kappa shape index (κ3) is 5.25. The van der Waals surface area contributed by atoms with Gasteiger partial charge in [0.25, 0.3) is 5.91 Å². The van der Waals surface area contributed by atoms with Crippen LogP contribution < -0.4 is 15.4 Å². The highest BCUT2D eigenvalue weighted by Crippen LogP contribution is 2.33. The first-order valence-electron chi connectivity index (χ1n) is 10.9. The zero-order chi connectivity index (χ0) is 25.3. The second-order valence-corrected chi connectivity index (χ2v) is 8.93. The summed E-state index contributed by atoms with van der Waals surface area (Å²) in [5.74, 6) is -0.0201. The summed E-state index contributed by atoms with van der Waals surface area (Å²) >= 11 is 1.18. The Kier molecular flexibility index (Phi) is 6.22. The van der Waals surface area contributed by atoms with Crippen molar-refractivity contribution in [3.8, 4) is 5.75 Å². The highest BCUT2D eigenvalue weighted by molar-refractivity contribution is 7.22. The fourth-order valence-corrected chi connectivity index (χ4v) is 4.57. The number of ether oxygens (including phenoxy) is 1. The van der Waals surface area contributed by atoms with E-state index < -0.39 is 6.36 Å². The lowest BCUT2D eigenvalue weighted by atomic mass is 10.2. The van der Waals surface area contributed by atoms with Crippen LogP contribution in [-0.2, 0) is 13.6 Å². The van der Waals surface area contributed by atoms with Crippen molar-refractivity contribution in [2.24, 2.45) is 7.05 Å². The van der Waals surface area contributed by atoms with E-state index in [1.54, 1.807) is 23.0 Å². The Bertz CT molecular complexity index is 1530. The Morgan fingerprint density at radius 3 is 2.78 bits per heavy atom. The van der Waals surface area contributed by atoms with Gasteiger partial charge in [0.05, 0.1) is 21.3 Å². The third-order valence-corrected chi connectivity index (χ3v) is 6.30. The number of carbonyl (C=O) groups is 1. The number of aryl methyl sites for hydroxylation is 2. The van der Waals surface area contributed by atoms with Crippen LogP contribution in [0.3, 0.4) is 0 Å². The normalized spacial score (nSPS) is 11.8. The van der Waals surface area contributed by atoms with Crippen molar-refractivity contribution in [1.29, 1.82) is 0 Å². The van der Waals surface area contributed by atoms with E-state index in [2.05, 4.69) is 30.4 Å². The molecule has 5 aromatic rings. The summed E-state index contributed by atoms with van der Waals surface area (Å²) in [7, 11) is 1.81. The van der Waals surface area contributed by atoms with Gasteiger partial charge in [0.15, 0.2) is 5.13 Å². The van der Waals surface area contributed by atoms with Gasteiger partial charge in [-0.3, -0.25) is 9.48 Å². The van der Waals surface area contributed by atoms with Gasteiger partial charge in [0.1, 0.15) is 5.75 Å². The minimum Gasteiger partial charge on any atom is -0.406 e. The third-order valence-electron chi connectivity index (χ3n) is 5.36. The molecule has 0 spiro atoms. The van der Waals surface area contributed by atoms with Gasteiger partial charge in [-0.2, -0.15) is 5.10 Å². The molecule has 186 valence electrons. The number of benzene rings is 2. The maximum absolute atomic E-state index is 12.6. The van der Waals surface area contributed by atoms with E-state index in [1.807, 2.05) is 29.9 Å². The van der Waals surface area contributed by atoms with Gasteiger partial charge in [-0.25, -0.2) is 9.97 Å². The van der Waals surface area contributed by atoms with Crippen LogP contribution in [0.5, 0.6) is 5.75 Å². The average molecular weight is 516 g/mol. The van der Waals surface area contributed by atoms with Crippen LogP contribution in [0, 0.1) is 0 Å². The minimum atomic E-state index is -4.76. The maximum atomic E-state index is 12.6. The van der Waals surface area contributed by atoms with Gasteiger partial charge in [-0.1, -0.05) is 11.3 Å². The molecule has 0 aliphatic heterocycles. The fraction of sp³-hybridized carbons (Fsp3) is 0.217. The summed E-state index contributed by atoms with van der Waals surface area (Å²) in [4.78, 5) is 21.6.